The summed E-state index contributed by atoms with van der Waals surface area (Å²) in [7, 11) is 0. The Labute approximate surface area is 125 Å². The van der Waals surface area contributed by atoms with Gasteiger partial charge >= 0.3 is 0 Å². The Morgan fingerprint density at radius 2 is 2.15 bits per heavy atom. The minimum Gasteiger partial charge on any atom is -0.493 e. The summed E-state index contributed by atoms with van der Waals surface area (Å²) in [6.45, 7) is 5.57. The second-order valence-electron chi connectivity index (χ2n) is 4.87. The number of para-hydroxylation sites is 1. The van der Waals surface area contributed by atoms with Crippen molar-refractivity contribution in [2.75, 3.05) is 39.5 Å². The average Bonchev–Trinajstić information content (AvgIpc) is 2.72. The van der Waals surface area contributed by atoms with E-state index in [9.17, 15) is 0 Å². The predicted octanol–water partition coefficient (Wildman–Crippen LogP) is 1.81. The van der Waals surface area contributed by atoms with Crippen LogP contribution in [0.25, 0.3) is 0 Å². The molecule has 2 N–H and O–H groups in total. The fraction of sp³-hybridized carbons (Fsp3) is 0.533. The molecular weight excluding hydrogens is 272 g/mol. The monoisotopic (exact) mass is 294 g/mol. The van der Waals surface area contributed by atoms with Crippen molar-refractivity contribution in [2.24, 2.45) is 5.73 Å². The molecule has 0 atom stereocenters. The van der Waals surface area contributed by atoms with Gasteiger partial charge in [-0.05, 0) is 25.0 Å². The lowest BCUT2D eigenvalue weighted by molar-refractivity contribution is 0.140. The lowest BCUT2D eigenvalue weighted by atomic mass is 10.2. The van der Waals surface area contributed by atoms with Crippen LogP contribution in [0.5, 0.6) is 5.75 Å². The summed E-state index contributed by atoms with van der Waals surface area (Å²) >= 11 is 5.02. The van der Waals surface area contributed by atoms with Crippen LogP contribution in [0.4, 0.5) is 0 Å². The van der Waals surface area contributed by atoms with E-state index in [4.69, 9.17) is 27.4 Å². The van der Waals surface area contributed by atoms with Crippen LogP contribution in [0.1, 0.15) is 18.4 Å². The summed E-state index contributed by atoms with van der Waals surface area (Å²) in [4.78, 5) is 2.81. The summed E-state index contributed by atoms with van der Waals surface area (Å²) in [5.74, 6) is 0.777. The zero-order valence-electron chi connectivity index (χ0n) is 11.7. The molecule has 0 saturated carbocycles. The van der Waals surface area contributed by atoms with Crippen LogP contribution < -0.4 is 10.5 Å². The van der Waals surface area contributed by atoms with E-state index >= 15 is 0 Å². The smallest absolute Gasteiger partial charge is 0.129 e. The molecular formula is C15H22N2O2S. The normalized spacial score (nSPS) is 16.6. The van der Waals surface area contributed by atoms with Gasteiger partial charge in [0.05, 0.1) is 18.8 Å². The third-order valence-electron chi connectivity index (χ3n) is 3.34. The molecule has 0 amide bonds. The standard InChI is InChI=1S/C15H22N2O2S/c16-15(20)13-5-1-2-6-14(13)19-11-4-8-17-7-3-10-18-12-9-17/h1-2,5-6H,3-4,7-12H2,(H2,16,20). The highest BCUT2D eigenvalue weighted by atomic mass is 32.1. The van der Waals surface area contributed by atoms with Gasteiger partial charge in [0.2, 0.25) is 0 Å². The minimum atomic E-state index is 0.380. The largest absolute Gasteiger partial charge is 0.493 e. The average molecular weight is 294 g/mol. The van der Waals surface area contributed by atoms with Crippen molar-refractivity contribution >= 4 is 17.2 Å². The maximum atomic E-state index is 5.80. The highest BCUT2D eigenvalue weighted by molar-refractivity contribution is 7.80. The van der Waals surface area contributed by atoms with Crippen LogP contribution in [0.2, 0.25) is 0 Å². The lowest BCUT2D eigenvalue weighted by Gasteiger charge is -2.19. The van der Waals surface area contributed by atoms with Crippen LogP contribution in [0.15, 0.2) is 24.3 Å². The van der Waals surface area contributed by atoms with E-state index in [2.05, 4.69) is 4.90 Å². The third kappa shape index (κ3) is 4.74. The minimum absolute atomic E-state index is 0.380. The van der Waals surface area contributed by atoms with Crippen molar-refractivity contribution in [2.45, 2.75) is 12.8 Å². The number of hydrogen-bond acceptors (Lipinski definition) is 4. The SMILES string of the molecule is NC(=S)c1ccccc1OCCCN1CCCOCC1. The number of hydrogen-bond donors (Lipinski definition) is 1. The molecule has 5 heteroatoms. The molecule has 1 saturated heterocycles. The molecule has 1 aromatic rings. The van der Waals surface area contributed by atoms with Gasteiger partial charge in [0.25, 0.3) is 0 Å². The molecule has 20 heavy (non-hydrogen) atoms. The Morgan fingerprint density at radius 3 is 3.00 bits per heavy atom. The van der Waals surface area contributed by atoms with E-state index in [1.54, 1.807) is 0 Å². The molecule has 1 aromatic carbocycles. The van der Waals surface area contributed by atoms with Crippen molar-refractivity contribution in [3.63, 3.8) is 0 Å². The number of ether oxygens (including phenoxy) is 2. The molecule has 1 aliphatic heterocycles. The quantitative estimate of drug-likeness (QED) is 0.640. The number of rotatable bonds is 6. The van der Waals surface area contributed by atoms with E-state index in [-0.39, 0.29) is 0 Å². The van der Waals surface area contributed by atoms with E-state index in [1.165, 1.54) is 0 Å². The molecule has 0 aromatic heterocycles. The van der Waals surface area contributed by atoms with Gasteiger partial charge in [0.1, 0.15) is 10.7 Å². The molecule has 0 bridgehead atoms. The van der Waals surface area contributed by atoms with Gasteiger partial charge in [-0.2, -0.15) is 0 Å². The van der Waals surface area contributed by atoms with Gasteiger partial charge < -0.3 is 20.1 Å². The van der Waals surface area contributed by atoms with Crippen molar-refractivity contribution in [1.29, 1.82) is 0 Å². The predicted molar refractivity (Wildman–Crippen MR) is 84.3 cm³/mol. The summed E-state index contributed by atoms with van der Waals surface area (Å²) in [6.07, 6.45) is 2.11. The lowest BCUT2D eigenvalue weighted by Crippen LogP contribution is -2.28. The van der Waals surface area contributed by atoms with Gasteiger partial charge in [-0.1, -0.05) is 24.4 Å². The van der Waals surface area contributed by atoms with Crippen LogP contribution in [-0.4, -0.2) is 49.3 Å². The van der Waals surface area contributed by atoms with Gasteiger partial charge in [-0.3, -0.25) is 0 Å². The Morgan fingerprint density at radius 1 is 1.30 bits per heavy atom. The van der Waals surface area contributed by atoms with Crippen molar-refractivity contribution in [1.82, 2.24) is 4.90 Å². The first-order chi connectivity index (χ1) is 9.77. The number of benzene rings is 1. The first-order valence-corrected chi connectivity index (χ1v) is 7.50. The first-order valence-electron chi connectivity index (χ1n) is 7.09. The number of nitrogens with zero attached hydrogens (tertiary/aromatic N) is 1. The Bertz CT molecular complexity index is 432. The molecule has 1 heterocycles. The van der Waals surface area contributed by atoms with Crippen LogP contribution in [0.3, 0.4) is 0 Å². The van der Waals surface area contributed by atoms with Gasteiger partial charge in [-0.25, -0.2) is 0 Å². The maximum absolute atomic E-state index is 5.80. The summed E-state index contributed by atoms with van der Waals surface area (Å²) in [6, 6.07) is 7.65. The van der Waals surface area contributed by atoms with Gasteiger partial charge in [0, 0.05) is 26.2 Å². The molecule has 0 unspecified atom stereocenters. The Balaban J connectivity index is 1.74. The van der Waals surface area contributed by atoms with E-state index in [1.807, 2.05) is 24.3 Å². The molecule has 4 nitrogen and oxygen atoms in total. The fourth-order valence-electron chi connectivity index (χ4n) is 2.29. The Kier molecular flexibility index (Phi) is 6.24. The van der Waals surface area contributed by atoms with E-state index in [0.717, 1.165) is 57.0 Å². The fourth-order valence-corrected chi connectivity index (χ4v) is 2.46. The molecule has 0 radical (unpaired) electrons. The second-order valence-corrected chi connectivity index (χ2v) is 5.31. The maximum Gasteiger partial charge on any atom is 0.129 e. The summed E-state index contributed by atoms with van der Waals surface area (Å²) in [5.41, 5.74) is 6.49. The Hall–Kier alpha value is -1.17. The second kappa shape index (κ2) is 8.19. The van der Waals surface area contributed by atoms with E-state index < -0.39 is 0 Å². The topological polar surface area (TPSA) is 47.7 Å². The number of thiocarbonyl (C=S) groups is 1. The van der Waals surface area contributed by atoms with Crippen LogP contribution in [0, 0.1) is 0 Å². The van der Waals surface area contributed by atoms with Gasteiger partial charge in [-0.15, -0.1) is 0 Å². The van der Waals surface area contributed by atoms with Crippen molar-refractivity contribution in [3.05, 3.63) is 29.8 Å². The molecule has 1 aliphatic rings. The van der Waals surface area contributed by atoms with E-state index in [0.29, 0.717) is 11.6 Å². The van der Waals surface area contributed by atoms with Gasteiger partial charge in [0.15, 0.2) is 0 Å². The zero-order valence-corrected chi connectivity index (χ0v) is 12.5. The first kappa shape index (κ1) is 15.2. The highest BCUT2D eigenvalue weighted by Gasteiger charge is 2.09. The molecule has 0 aliphatic carbocycles. The zero-order chi connectivity index (χ0) is 14.2. The summed E-state index contributed by atoms with van der Waals surface area (Å²) < 4.78 is 11.2. The number of nitrogens with two attached hydrogens (primary N) is 1. The summed E-state index contributed by atoms with van der Waals surface area (Å²) in [5, 5.41) is 0. The molecule has 1 fully saturated rings. The van der Waals surface area contributed by atoms with Crippen molar-refractivity contribution < 1.29 is 9.47 Å². The third-order valence-corrected chi connectivity index (χ3v) is 3.56. The highest BCUT2D eigenvalue weighted by Crippen LogP contribution is 2.17. The molecule has 110 valence electrons. The molecule has 2 rings (SSSR count). The molecule has 0 spiro atoms. The van der Waals surface area contributed by atoms with Crippen LogP contribution in [-0.2, 0) is 4.74 Å². The van der Waals surface area contributed by atoms with Crippen LogP contribution >= 0.6 is 12.2 Å². The van der Waals surface area contributed by atoms with Crippen molar-refractivity contribution in [3.8, 4) is 5.75 Å².